The standard InChI is InChI=1S/C15H22N2O2/c1-10-6-7-13(11(2)14(10)19-3)17-15(18)12-5-4-8-16-9-12/h6-7,12,16H,4-5,8-9H2,1-3H3,(H,17,18)/t12-/m0/s1. The lowest BCUT2D eigenvalue weighted by Gasteiger charge is -2.22. The van der Waals surface area contributed by atoms with E-state index in [0.29, 0.717) is 0 Å². The summed E-state index contributed by atoms with van der Waals surface area (Å²) >= 11 is 0. The first-order valence-electron chi connectivity index (χ1n) is 6.79. The molecule has 1 aliphatic rings. The van der Waals surface area contributed by atoms with E-state index < -0.39 is 0 Å². The summed E-state index contributed by atoms with van der Waals surface area (Å²) in [6, 6.07) is 3.92. The first-order chi connectivity index (χ1) is 9.13. The van der Waals surface area contributed by atoms with E-state index in [1.54, 1.807) is 7.11 Å². The Kier molecular flexibility index (Phi) is 4.43. The monoisotopic (exact) mass is 262 g/mol. The maximum Gasteiger partial charge on any atom is 0.228 e. The van der Waals surface area contributed by atoms with E-state index in [0.717, 1.165) is 48.5 Å². The van der Waals surface area contributed by atoms with Crippen molar-refractivity contribution in [2.75, 3.05) is 25.5 Å². The smallest absolute Gasteiger partial charge is 0.228 e. The van der Waals surface area contributed by atoms with Crippen LogP contribution >= 0.6 is 0 Å². The molecule has 104 valence electrons. The van der Waals surface area contributed by atoms with Crippen molar-refractivity contribution >= 4 is 11.6 Å². The van der Waals surface area contributed by atoms with Gasteiger partial charge in [0, 0.05) is 17.8 Å². The molecule has 4 nitrogen and oxygen atoms in total. The maximum absolute atomic E-state index is 12.2. The van der Waals surface area contributed by atoms with Crippen LogP contribution in [0.5, 0.6) is 5.75 Å². The summed E-state index contributed by atoms with van der Waals surface area (Å²) in [6.07, 6.45) is 2.02. The lowest BCUT2D eigenvalue weighted by molar-refractivity contribution is -0.120. The molecule has 19 heavy (non-hydrogen) atoms. The Morgan fingerprint density at radius 3 is 2.84 bits per heavy atom. The van der Waals surface area contributed by atoms with Gasteiger partial charge in [-0.25, -0.2) is 0 Å². The second-order valence-corrected chi connectivity index (χ2v) is 5.12. The highest BCUT2D eigenvalue weighted by Gasteiger charge is 2.21. The number of methoxy groups -OCH3 is 1. The highest BCUT2D eigenvalue weighted by Crippen LogP contribution is 2.29. The fourth-order valence-corrected chi connectivity index (χ4v) is 2.59. The van der Waals surface area contributed by atoms with Crippen LogP contribution in [0.3, 0.4) is 0 Å². The molecule has 1 saturated heterocycles. The molecule has 0 bridgehead atoms. The van der Waals surface area contributed by atoms with Gasteiger partial charge in [-0.3, -0.25) is 4.79 Å². The molecular weight excluding hydrogens is 240 g/mol. The van der Waals surface area contributed by atoms with Crippen molar-refractivity contribution in [2.24, 2.45) is 5.92 Å². The highest BCUT2D eigenvalue weighted by atomic mass is 16.5. The zero-order chi connectivity index (χ0) is 13.8. The third-order valence-electron chi connectivity index (χ3n) is 3.73. The fraction of sp³-hybridized carbons (Fsp3) is 0.533. The van der Waals surface area contributed by atoms with E-state index in [-0.39, 0.29) is 11.8 Å². The van der Waals surface area contributed by atoms with Crippen LogP contribution in [0.15, 0.2) is 12.1 Å². The van der Waals surface area contributed by atoms with Crippen LogP contribution in [-0.2, 0) is 4.79 Å². The third kappa shape index (κ3) is 3.07. The number of benzene rings is 1. The number of hydrogen-bond donors (Lipinski definition) is 2. The zero-order valence-corrected chi connectivity index (χ0v) is 11.9. The zero-order valence-electron chi connectivity index (χ0n) is 11.9. The lowest BCUT2D eigenvalue weighted by Crippen LogP contribution is -2.37. The summed E-state index contributed by atoms with van der Waals surface area (Å²) in [4.78, 5) is 12.2. The van der Waals surface area contributed by atoms with Gasteiger partial charge >= 0.3 is 0 Å². The largest absolute Gasteiger partial charge is 0.496 e. The van der Waals surface area contributed by atoms with E-state index in [2.05, 4.69) is 10.6 Å². The molecule has 0 saturated carbocycles. The van der Waals surface area contributed by atoms with Crippen LogP contribution in [-0.4, -0.2) is 26.1 Å². The number of hydrogen-bond acceptors (Lipinski definition) is 3. The van der Waals surface area contributed by atoms with E-state index in [1.165, 1.54) is 0 Å². The summed E-state index contributed by atoms with van der Waals surface area (Å²) in [5.74, 6) is 1.02. The Bertz CT molecular complexity index is 465. The van der Waals surface area contributed by atoms with E-state index in [9.17, 15) is 4.79 Å². The summed E-state index contributed by atoms with van der Waals surface area (Å²) in [5.41, 5.74) is 2.91. The van der Waals surface area contributed by atoms with Crippen molar-refractivity contribution in [1.29, 1.82) is 0 Å². The molecule has 2 N–H and O–H groups in total. The number of nitrogens with one attached hydrogen (secondary N) is 2. The number of ether oxygens (including phenoxy) is 1. The van der Waals surface area contributed by atoms with Crippen molar-refractivity contribution in [1.82, 2.24) is 5.32 Å². The molecule has 1 fully saturated rings. The number of amides is 1. The molecule has 0 unspecified atom stereocenters. The SMILES string of the molecule is COc1c(C)ccc(NC(=O)[C@H]2CCCNC2)c1C. The van der Waals surface area contributed by atoms with Crippen molar-refractivity contribution in [3.8, 4) is 5.75 Å². The first kappa shape index (κ1) is 13.9. The molecule has 4 heteroatoms. The molecule has 1 atom stereocenters. The average Bonchev–Trinajstić information content (AvgIpc) is 2.43. The maximum atomic E-state index is 12.2. The van der Waals surface area contributed by atoms with Gasteiger partial charge in [-0.2, -0.15) is 0 Å². The molecule has 0 radical (unpaired) electrons. The topological polar surface area (TPSA) is 50.4 Å². The molecule has 0 spiro atoms. The summed E-state index contributed by atoms with van der Waals surface area (Å²) in [5, 5.41) is 6.29. The molecular formula is C15H22N2O2. The summed E-state index contributed by atoms with van der Waals surface area (Å²) in [7, 11) is 1.66. The normalized spacial score (nSPS) is 19.0. The lowest BCUT2D eigenvalue weighted by atomic mass is 9.98. The fourth-order valence-electron chi connectivity index (χ4n) is 2.59. The number of aryl methyl sites for hydroxylation is 1. The second kappa shape index (κ2) is 6.06. The molecule has 0 aliphatic carbocycles. The molecule has 0 aromatic heterocycles. The molecule has 2 rings (SSSR count). The van der Waals surface area contributed by atoms with Gasteiger partial charge in [0.05, 0.1) is 13.0 Å². The number of carbonyl (C=O) groups excluding carboxylic acids is 1. The van der Waals surface area contributed by atoms with E-state index in [1.807, 2.05) is 26.0 Å². The molecule has 1 amide bonds. The highest BCUT2D eigenvalue weighted by molar-refractivity contribution is 5.93. The first-order valence-corrected chi connectivity index (χ1v) is 6.79. The van der Waals surface area contributed by atoms with Gasteiger partial charge < -0.3 is 15.4 Å². The number of carbonyl (C=O) groups is 1. The number of piperidine rings is 1. The Labute approximate surface area is 114 Å². The van der Waals surface area contributed by atoms with Crippen molar-refractivity contribution in [3.63, 3.8) is 0 Å². The minimum Gasteiger partial charge on any atom is -0.496 e. The van der Waals surface area contributed by atoms with Crippen LogP contribution in [0.4, 0.5) is 5.69 Å². The van der Waals surface area contributed by atoms with Crippen LogP contribution in [0.25, 0.3) is 0 Å². The Morgan fingerprint density at radius 2 is 2.21 bits per heavy atom. The molecule has 1 heterocycles. The van der Waals surface area contributed by atoms with Gasteiger partial charge in [0.25, 0.3) is 0 Å². The van der Waals surface area contributed by atoms with E-state index in [4.69, 9.17) is 4.74 Å². The van der Waals surface area contributed by atoms with Crippen molar-refractivity contribution in [2.45, 2.75) is 26.7 Å². The van der Waals surface area contributed by atoms with E-state index >= 15 is 0 Å². The Hall–Kier alpha value is -1.55. The number of rotatable bonds is 3. The third-order valence-corrected chi connectivity index (χ3v) is 3.73. The molecule has 1 aromatic carbocycles. The van der Waals surface area contributed by atoms with Gasteiger partial charge in [0.2, 0.25) is 5.91 Å². The summed E-state index contributed by atoms with van der Waals surface area (Å²) < 4.78 is 5.38. The van der Waals surface area contributed by atoms with Crippen molar-refractivity contribution < 1.29 is 9.53 Å². The molecule has 1 aromatic rings. The molecule has 1 aliphatic heterocycles. The van der Waals surface area contributed by atoms with Gasteiger partial charge in [0.1, 0.15) is 5.75 Å². The van der Waals surface area contributed by atoms with Gasteiger partial charge in [-0.15, -0.1) is 0 Å². The van der Waals surface area contributed by atoms with Gasteiger partial charge in [0.15, 0.2) is 0 Å². The minimum absolute atomic E-state index is 0.0699. The van der Waals surface area contributed by atoms with Crippen molar-refractivity contribution in [3.05, 3.63) is 23.3 Å². The quantitative estimate of drug-likeness (QED) is 0.878. The Balaban J connectivity index is 2.12. The van der Waals surface area contributed by atoms with Crippen LogP contribution in [0.1, 0.15) is 24.0 Å². The predicted molar refractivity (Wildman–Crippen MR) is 76.7 cm³/mol. The average molecular weight is 262 g/mol. The van der Waals surface area contributed by atoms with Gasteiger partial charge in [-0.05, 0) is 44.9 Å². The van der Waals surface area contributed by atoms with Gasteiger partial charge in [-0.1, -0.05) is 6.07 Å². The Morgan fingerprint density at radius 1 is 1.42 bits per heavy atom. The van der Waals surface area contributed by atoms with Crippen LogP contribution in [0, 0.1) is 19.8 Å². The van der Waals surface area contributed by atoms with Crippen LogP contribution < -0.4 is 15.4 Å². The van der Waals surface area contributed by atoms with Crippen LogP contribution in [0.2, 0.25) is 0 Å². The second-order valence-electron chi connectivity index (χ2n) is 5.12. The summed E-state index contributed by atoms with van der Waals surface area (Å²) in [6.45, 7) is 5.76. The minimum atomic E-state index is 0.0699. The predicted octanol–water partition coefficient (Wildman–Crippen LogP) is 2.25. The number of anilines is 1.